The average molecular weight is 454 g/mol. The lowest BCUT2D eigenvalue weighted by atomic mass is 10.2. The van der Waals surface area contributed by atoms with Crippen molar-refractivity contribution in [1.82, 2.24) is 24.7 Å². The van der Waals surface area contributed by atoms with Gasteiger partial charge in [-0.15, -0.1) is 10.2 Å². The van der Waals surface area contributed by atoms with Crippen LogP contribution in [-0.4, -0.2) is 30.6 Å². The van der Waals surface area contributed by atoms with Crippen molar-refractivity contribution < 1.29 is 22.7 Å². The normalized spacial score (nSPS) is 11.3. The summed E-state index contributed by atoms with van der Waals surface area (Å²) in [5.41, 5.74) is 1.23. The second-order valence-corrected chi connectivity index (χ2v) is 7.03. The van der Waals surface area contributed by atoms with E-state index in [1.165, 1.54) is 0 Å². The zero-order valence-corrected chi connectivity index (χ0v) is 17.5. The Morgan fingerprint density at radius 2 is 1.73 bits per heavy atom. The predicted octanol–water partition coefficient (Wildman–Crippen LogP) is 4.74. The van der Waals surface area contributed by atoms with E-state index >= 15 is 0 Å². The Morgan fingerprint density at radius 3 is 2.27 bits per heavy atom. The molecule has 8 nitrogen and oxygen atoms in total. The van der Waals surface area contributed by atoms with Crippen LogP contribution in [0.4, 0.5) is 18.9 Å². The molecule has 0 bridgehead atoms. The quantitative estimate of drug-likeness (QED) is 0.468. The third-order valence-electron chi connectivity index (χ3n) is 4.78. The van der Waals surface area contributed by atoms with Gasteiger partial charge in [-0.25, -0.2) is 4.98 Å². The minimum Gasteiger partial charge on any atom is -0.438 e. The van der Waals surface area contributed by atoms with Gasteiger partial charge in [0.2, 0.25) is 5.88 Å². The molecule has 11 heteroatoms. The molecule has 1 amide bonds. The van der Waals surface area contributed by atoms with E-state index in [1.54, 1.807) is 42.7 Å². The number of carbonyl (C=O) groups excluding carboxylic acids is 1. The molecule has 0 radical (unpaired) electrons. The second kappa shape index (κ2) is 8.69. The summed E-state index contributed by atoms with van der Waals surface area (Å²) in [4.78, 5) is 19.7. The van der Waals surface area contributed by atoms with Gasteiger partial charge in [-0.2, -0.15) is 13.2 Å². The number of alkyl halides is 3. The molecule has 4 rings (SSSR count). The summed E-state index contributed by atoms with van der Waals surface area (Å²) < 4.78 is 45.2. The van der Waals surface area contributed by atoms with Gasteiger partial charge >= 0.3 is 6.18 Å². The van der Waals surface area contributed by atoms with Crippen LogP contribution in [0, 0.1) is 13.8 Å². The van der Waals surface area contributed by atoms with Crippen molar-refractivity contribution in [1.29, 1.82) is 0 Å². The van der Waals surface area contributed by atoms with Crippen molar-refractivity contribution in [2.75, 3.05) is 5.32 Å². The van der Waals surface area contributed by atoms with E-state index in [1.807, 2.05) is 18.4 Å². The molecule has 4 aromatic rings. The molecule has 0 aliphatic heterocycles. The number of hydrogen-bond donors (Lipinski definition) is 1. The highest BCUT2D eigenvalue weighted by Crippen LogP contribution is 2.27. The van der Waals surface area contributed by atoms with Crippen LogP contribution in [0.2, 0.25) is 0 Å². The minimum atomic E-state index is -4.56. The first-order valence-corrected chi connectivity index (χ1v) is 9.68. The summed E-state index contributed by atoms with van der Waals surface area (Å²) in [5, 5.41) is 10.8. The maximum absolute atomic E-state index is 12.6. The molecule has 0 atom stereocenters. The number of aromatic nitrogens is 5. The Kier molecular flexibility index (Phi) is 5.78. The van der Waals surface area contributed by atoms with Crippen LogP contribution in [0.5, 0.6) is 11.6 Å². The zero-order chi connectivity index (χ0) is 23.6. The van der Waals surface area contributed by atoms with Crippen molar-refractivity contribution in [3.8, 4) is 17.4 Å². The number of pyridine rings is 1. The van der Waals surface area contributed by atoms with Gasteiger partial charge in [0.1, 0.15) is 17.8 Å². The Bertz CT molecular complexity index is 1270. The highest BCUT2D eigenvalue weighted by molar-refractivity contribution is 6.04. The maximum Gasteiger partial charge on any atom is 0.433 e. The van der Waals surface area contributed by atoms with E-state index < -0.39 is 17.8 Å². The number of carbonyl (C=O) groups is 1. The Hall–Kier alpha value is -4.28. The molecular weight excluding hydrogens is 437 g/mol. The van der Waals surface area contributed by atoms with Gasteiger partial charge in [0, 0.05) is 23.6 Å². The second-order valence-electron chi connectivity index (χ2n) is 7.03. The average Bonchev–Trinajstić information content (AvgIpc) is 3.13. The summed E-state index contributed by atoms with van der Waals surface area (Å²) in [7, 11) is 0. The number of aryl methyl sites for hydroxylation is 1. The first-order valence-electron chi connectivity index (χ1n) is 9.68. The molecular formula is C22H17F3N6O2. The van der Waals surface area contributed by atoms with E-state index in [0.29, 0.717) is 17.3 Å². The first-order chi connectivity index (χ1) is 15.7. The van der Waals surface area contributed by atoms with E-state index in [4.69, 9.17) is 4.74 Å². The zero-order valence-electron chi connectivity index (χ0n) is 17.5. The summed E-state index contributed by atoms with van der Waals surface area (Å²) >= 11 is 0. The lowest BCUT2D eigenvalue weighted by Gasteiger charge is -2.09. The number of nitrogens with zero attached hydrogens (tertiary/aromatic N) is 5. The van der Waals surface area contributed by atoms with Crippen LogP contribution < -0.4 is 10.1 Å². The standard InChI is InChI=1S/C22H17F3N6O2/c1-13-14(2)31(12-27-13)19-9-10-20(30-29-19)33-17-6-4-16(5-7-17)28-21(32)15-3-8-18(26-11-15)22(23,24)25/h3-12H,1-2H3,(H,28,32). The lowest BCUT2D eigenvalue weighted by Crippen LogP contribution is -2.14. The van der Waals surface area contributed by atoms with Crippen LogP contribution in [0.3, 0.4) is 0 Å². The summed E-state index contributed by atoms with van der Waals surface area (Å²) in [5.74, 6) is 0.759. The van der Waals surface area contributed by atoms with Crippen LogP contribution in [0.1, 0.15) is 27.4 Å². The number of ether oxygens (including phenoxy) is 1. The molecule has 0 fully saturated rings. The number of benzene rings is 1. The van der Waals surface area contributed by atoms with Gasteiger partial charge in [-0.1, -0.05) is 0 Å². The fraction of sp³-hybridized carbons (Fsp3) is 0.136. The van der Waals surface area contributed by atoms with E-state index in [0.717, 1.165) is 29.7 Å². The number of anilines is 1. The number of nitrogens with one attached hydrogen (secondary N) is 1. The molecule has 0 spiro atoms. The van der Waals surface area contributed by atoms with Gasteiger partial charge in [0.05, 0.1) is 11.3 Å². The van der Waals surface area contributed by atoms with Crippen LogP contribution in [0.25, 0.3) is 5.82 Å². The topological polar surface area (TPSA) is 94.8 Å². The molecule has 168 valence electrons. The smallest absolute Gasteiger partial charge is 0.433 e. The van der Waals surface area contributed by atoms with Crippen molar-refractivity contribution in [2.45, 2.75) is 20.0 Å². The summed E-state index contributed by atoms with van der Waals surface area (Å²) in [6, 6.07) is 11.6. The van der Waals surface area contributed by atoms with E-state index in [9.17, 15) is 18.0 Å². The lowest BCUT2D eigenvalue weighted by molar-refractivity contribution is -0.141. The predicted molar refractivity (Wildman–Crippen MR) is 112 cm³/mol. The first kappa shape index (κ1) is 21.9. The molecule has 1 N–H and O–H groups in total. The van der Waals surface area contributed by atoms with Gasteiger partial charge in [0.15, 0.2) is 5.82 Å². The minimum absolute atomic E-state index is 0.00186. The Balaban J connectivity index is 1.38. The molecule has 0 saturated heterocycles. The van der Waals surface area contributed by atoms with Crippen molar-refractivity contribution in [3.05, 3.63) is 83.7 Å². The monoisotopic (exact) mass is 454 g/mol. The highest BCUT2D eigenvalue weighted by atomic mass is 19.4. The fourth-order valence-electron chi connectivity index (χ4n) is 2.85. The third kappa shape index (κ3) is 4.97. The highest BCUT2D eigenvalue weighted by Gasteiger charge is 2.32. The van der Waals surface area contributed by atoms with Gasteiger partial charge < -0.3 is 10.1 Å². The van der Waals surface area contributed by atoms with Gasteiger partial charge in [-0.3, -0.25) is 14.3 Å². The molecule has 3 aromatic heterocycles. The molecule has 33 heavy (non-hydrogen) atoms. The van der Waals surface area contributed by atoms with Gasteiger partial charge in [0.25, 0.3) is 5.91 Å². The molecule has 0 aliphatic carbocycles. The number of amides is 1. The summed E-state index contributed by atoms with van der Waals surface area (Å²) in [6.07, 6.45) is -2.01. The fourth-order valence-corrected chi connectivity index (χ4v) is 2.85. The number of halogens is 3. The Labute approximate surface area is 186 Å². The molecule has 0 unspecified atom stereocenters. The van der Waals surface area contributed by atoms with Crippen LogP contribution in [-0.2, 0) is 6.18 Å². The van der Waals surface area contributed by atoms with Crippen LogP contribution >= 0.6 is 0 Å². The number of hydrogen-bond acceptors (Lipinski definition) is 6. The largest absolute Gasteiger partial charge is 0.438 e. The van der Waals surface area contributed by atoms with Crippen LogP contribution in [0.15, 0.2) is 61.1 Å². The number of imidazole rings is 1. The molecule has 1 aromatic carbocycles. The van der Waals surface area contributed by atoms with Crippen molar-refractivity contribution >= 4 is 11.6 Å². The Morgan fingerprint density at radius 1 is 0.970 bits per heavy atom. The van der Waals surface area contributed by atoms with E-state index in [2.05, 4.69) is 25.5 Å². The SMILES string of the molecule is Cc1ncn(-c2ccc(Oc3ccc(NC(=O)c4ccc(C(F)(F)F)nc4)cc3)nn2)c1C. The number of rotatable bonds is 5. The molecule has 0 saturated carbocycles. The van der Waals surface area contributed by atoms with Crippen molar-refractivity contribution in [2.24, 2.45) is 0 Å². The molecule has 0 aliphatic rings. The van der Waals surface area contributed by atoms with Crippen molar-refractivity contribution in [3.63, 3.8) is 0 Å². The summed E-state index contributed by atoms with van der Waals surface area (Å²) in [6.45, 7) is 3.84. The maximum atomic E-state index is 12.6. The third-order valence-corrected chi connectivity index (χ3v) is 4.78. The van der Waals surface area contributed by atoms with Gasteiger partial charge in [-0.05, 0) is 56.3 Å². The molecule has 3 heterocycles. The van der Waals surface area contributed by atoms with E-state index in [-0.39, 0.29) is 11.4 Å².